The molecule has 1 amide bonds. The molecule has 0 unspecified atom stereocenters. The minimum absolute atomic E-state index is 0.00302. The Hall–Kier alpha value is -4.35. The smallest absolute Gasteiger partial charge is 0.339 e. The first kappa shape index (κ1) is 26.3. The van der Waals surface area contributed by atoms with E-state index in [1.807, 2.05) is 26.0 Å². The van der Waals surface area contributed by atoms with Crippen LogP contribution in [-0.2, 0) is 21.3 Å². The highest BCUT2D eigenvalue weighted by molar-refractivity contribution is 7.87. The highest BCUT2D eigenvalue weighted by atomic mass is 32.2. The molecule has 0 aliphatic rings. The molecule has 0 spiro atoms. The number of anilines is 1. The summed E-state index contributed by atoms with van der Waals surface area (Å²) < 4.78 is 36.8. The average Bonchev–Trinajstić information content (AvgIpc) is 2.84. The molecule has 0 aliphatic carbocycles. The fourth-order valence-corrected chi connectivity index (χ4v) is 4.39. The van der Waals surface area contributed by atoms with Gasteiger partial charge in [-0.3, -0.25) is 4.79 Å². The number of carbonyl (C=O) groups is 1. The van der Waals surface area contributed by atoms with Gasteiger partial charge in [0.25, 0.3) is 5.91 Å². The number of methoxy groups -OCH3 is 1. The van der Waals surface area contributed by atoms with Crippen LogP contribution in [0, 0.1) is 25.2 Å². The maximum absolute atomic E-state index is 12.9. The number of hydrogen-bond acceptors (Lipinski definition) is 6. The topological polar surface area (TPSA) is 105 Å². The van der Waals surface area contributed by atoms with Crippen molar-refractivity contribution in [3.05, 3.63) is 101 Å². The largest absolute Gasteiger partial charge is 0.493 e. The molecule has 184 valence electrons. The van der Waals surface area contributed by atoms with Gasteiger partial charge in [0.05, 0.1) is 7.11 Å². The van der Waals surface area contributed by atoms with E-state index in [0.29, 0.717) is 16.8 Å². The summed E-state index contributed by atoms with van der Waals surface area (Å²) in [4.78, 5) is 12.7. The number of amides is 1. The third-order valence-corrected chi connectivity index (χ3v) is 6.43. The second kappa shape index (κ2) is 11.4. The molecule has 0 aliphatic heterocycles. The van der Waals surface area contributed by atoms with E-state index in [1.54, 1.807) is 42.5 Å². The number of hydrogen-bond donors (Lipinski definition) is 1. The zero-order valence-corrected chi connectivity index (χ0v) is 21.1. The van der Waals surface area contributed by atoms with Crippen LogP contribution in [0.2, 0.25) is 0 Å². The third-order valence-electron chi connectivity index (χ3n) is 5.19. The normalized spacial score (nSPS) is 11.3. The number of nitrogens with one attached hydrogen (secondary N) is 1. The molecule has 3 aromatic carbocycles. The first-order valence-corrected chi connectivity index (χ1v) is 12.4. The van der Waals surface area contributed by atoms with E-state index in [2.05, 4.69) is 11.9 Å². The zero-order chi connectivity index (χ0) is 26.3. The Kier molecular flexibility index (Phi) is 8.30. The van der Waals surface area contributed by atoms with Crippen LogP contribution in [-0.4, -0.2) is 21.4 Å². The second-order valence-corrected chi connectivity index (χ2v) is 9.59. The fraction of sp³-hybridized carbons (Fsp3) is 0.143. The van der Waals surface area contributed by atoms with Crippen LogP contribution in [0.4, 0.5) is 5.69 Å². The van der Waals surface area contributed by atoms with Crippen molar-refractivity contribution in [1.29, 1.82) is 5.26 Å². The first-order valence-electron chi connectivity index (χ1n) is 11.0. The van der Waals surface area contributed by atoms with E-state index in [-0.39, 0.29) is 28.4 Å². The molecule has 36 heavy (non-hydrogen) atoms. The van der Waals surface area contributed by atoms with Crippen molar-refractivity contribution in [3.8, 4) is 17.6 Å². The van der Waals surface area contributed by atoms with Crippen LogP contribution in [0.25, 0.3) is 6.08 Å². The molecule has 1 N–H and O–H groups in total. The van der Waals surface area contributed by atoms with Gasteiger partial charge >= 0.3 is 10.1 Å². The van der Waals surface area contributed by atoms with Crippen molar-refractivity contribution in [3.63, 3.8) is 0 Å². The van der Waals surface area contributed by atoms with Gasteiger partial charge in [0.1, 0.15) is 16.5 Å². The van der Waals surface area contributed by atoms with E-state index in [4.69, 9.17) is 8.92 Å². The maximum Gasteiger partial charge on any atom is 0.339 e. The Balaban J connectivity index is 1.99. The molecule has 8 heteroatoms. The van der Waals surface area contributed by atoms with Gasteiger partial charge in [-0.05, 0) is 73.9 Å². The van der Waals surface area contributed by atoms with E-state index >= 15 is 0 Å². The van der Waals surface area contributed by atoms with Crippen LogP contribution in [0.15, 0.2) is 83.8 Å². The van der Waals surface area contributed by atoms with Gasteiger partial charge in [-0.15, -0.1) is 6.58 Å². The summed E-state index contributed by atoms with van der Waals surface area (Å²) in [6.07, 6.45) is 3.25. The molecule has 3 aromatic rings. The fourth-order valence-electron chi connectivity index (χ4n) is 3.42. The van der Waals surface area contributed by atoms with E-state index in [1.165, 1.54) is 31.4 Å². The number of nitriles is 1. The molecule has 0 atom stereocenters. The van der Waals surface area contributed by atoms with Crippen molar-refractivity contribution in [2.75, 3.05) is 12.4 Å². The summed E-state index contributed by atoms with van der Waals surface area (Å²) in [5, 5.41) is 12.3. The molecular weight excluding hydrogens is 476 g/mol. The van der Waals surface area contributed by atoms with Crippen molar-refractivity contribution in [2.24, 2.45) is 0 Å². The minimum atomic E-state index is -4.14. The molecule has 0 aromatic heterocycles. The zero-order valence-electron chi connectivity index (χ0n) is 20.2. The summed E-state index contributed by atoms with van der Waals surface area (Å²) in [5.41, 5.74) is 3.22. The molecule has 0 saturated heterocycles. The second-order valence-electron chi connectivity index (χ2n) is 8.05. The lowest BCUT2D eigenvalue weighted by Gasteiger charge is -2.16. The monoisotopic (exact) mass is 502 g/mol. The van der Waals surface area contributed by atoms with E-state index in [9.17, 15) is 18.5 Å². The third kappa shape index (κ3) is 6.40. The van der Waals surface area contributed by atoms with E-state index in [0.717, 1.165) is 11.1 Å². The molecule has 0 fully saturated rings. The van der Waals surface area contributed by atoms with Gasteiger partial charge in [-0.1, -0.05) is 35.9 Å². The van der Waals surface area contributed by atoms with Gasteiger partial charge < -0.3 is 14.2 Å². The molecule has 0 saturated carbocycles. The lowest BCUT2D eigenvalue weighted by molar-refractivity contribution is -0.112. The average molecular weight is 503 g/mol. The SMILES string of the molecule is C=CCc1cc(/C=C(\C#N)C(=O)Nc2cccc(C)c2)cc(OC)c1OS(=O)(=O)c1ccc(C)cc1. The first-order chi connectivity index (χ1) is 17.2. The molecular formula is C28H26N2O5S. The predicted molar refractivity (Wildman–Crippen MR) is 139 cm³/mol. The Bertz CT molecular complexity index is 1470. The van der Waals surface area contributed by atoms with E-state index < -0.39 is 16.0 Å². The molecule has 7 nitrogen and oxygen atoms in total. The molecule has 0 radical (unpaired) electrons. The van der Waals surface area contributed by atoms with Crippen molar-refractivity contribution in [2.45, 2.75) is 25.2 Å². The maximum atomic E-state index is 12.9. The number of aryl methyl sites for hydroxylation is 2. The van der Waals surface area contributed by atoms with Gasteiger partial charge in [0.15, 0.2) is 11.5 Å². The van der Waals surface area contributed by atoms with Crippen LogP contribution in [0.3, 0.4) is 0 Å². The highest BCUT2D eigenvalue weighted by Gasteiger charge is 2.22. The van der Waals surface area contributed by atoms with Gasteiger partial charge in [-0.25, -0.2) is 0 Å². The van der Waals surface area contributed by atoms with Gasteiger partial charge in [0.2, 0.25) is 0 Å². The number of rotatable bonds is 9. The Morgan fingerprint density at radius 3 is 2.42 bits per heavy atom. The van der Waals surface area contributed by atoms with Crippen LogP contribution in [0.1, 0.15) is 22.3 Å². The molecule has 0 bridgehead atoms. The quantitative estimate of drug-likeness (QED) is 0.183. The summed E-state index contributed by atoms with van der Waals surface area (Å²) in [5.74, 6) is -0.430. The lowest BCUT2D eigenvalue weighted by atomic mass is 10.0. The Morgan fingerprint density at radius 2 is 1.81 bits per heavy atom. The Labute approximate surface area is 211 Å². The lowest BCUT2D eigenvalue weighted by Crippen LogP contribution is -2.13. The summed E-state index contributed by atoms with van der Waals surface area (Å²) in [6, 6.07) is 18.5. The number of benzene rings is 3. The minimum Gasteiger partial charge on any atom is -0.493 e. The summed E-state index contributed by atoms with van der Waals surface area (Å²) in [6.45, 7) is 7.48. The predicted octanol–water partition coefficient (Wildman–Crippen LogP) is 5.35. The van der Waals surface area contributed by atoms with Gasteiger partial charge in [-0.2, -0.15) is 13.7 Å². The summed E-state index contributed by atoms with van der Waals surface area (Å²) in [7, 11) is -2.77. The standard InChI is InChI=1S/C28H26N2O5S/c1-5-7-22-15-21(16-23(18-29)28(31)30-24-9-6-8-20(3)14-24)17-26(34-4)27(22)35-36(32,33)25-12-10-19(2)11-13-25/h5-6,8-17H,1,7H2,2-4H3,(H,30,31)/b23-16+. The van der Waals surface area contributed by atoms with Crippen molar-refractivity contribution in [1.82, 2.24) is 0 Å². The van der Waals surface area contributed by atoms with Crippen molar-refractivity contribution < 1.29 is 22.1 Å². The number of allylic oxidation sites excluding steroid dienone is 1. The van der Waals surface area contributed by atoms with Crippen LogP contribution >= 0.6 is 0 Å². The van der Waals surface area contributed by atoms with Crippen LogP contribution in [0.5, 0.6) is 11.5 Å². The Morgan fingerprint density at radius 1 is 1.08 bits per heavy atom. The number of nitrogens with zero attached hydrogens (tertiary/aromatic N) is 1. The van der Waals surface area contributed by atoms with Gasteiger partial charge in [0, 0.05) is 11.3 Å². The van der Waals surface area contributed by atoms with Crippen molar-refractivity contribution >= 4 is 27.8 Å². The number of ether oxygens (including phenoxy) is 1. The molecule has 3 rings (SSSR count). The highest BCUT2D eigenvalue weighted by Crippen LogP contribution is 2.36. The molecule has 0 heterocycles. The number of carbonyl (C=O) groups excluding carboxylic acids is 1. The summed E-state index contributed by atoms with van der Waals surface area (Å²) >= 11 is 0. The van der Waals surface area contributed by atoms with Crippen LogP contribution < -0.4 is 14.2 Å².